The largest absolute Gasteiger partial charge is 0.491 e. The first-order valence-electron chi connectivity index (χ1n) is 10.3. The molecule has 6 nitrogen and oxygen atoms in total. The van der Waals surface area contributed by atoms with Crippen LogP contribution in [0.4, 0.5) is 0 Å². The van der Waals surface area contributed by atoms with Gasteiger partial charge in [0.25, 0.3) is 5.91 Å². The quantitative estimate of drug-likeness (QED) is 0.533. The Hall–Kier alpha value is -2.51. The Balaban J connectivity index is 1.41. The molecule has 2 atom stereocenters. The van der Waals surface area contributed by atoms with E-state index in [1.54, 1.807) is 23.9 Å². The molecular weight excluding hydrogens is 398 g/mol. The summed E-state index contributed by atoms with van der Waals surface area (Å²) in [6.07, 6.45) is 5.17. The molecule has 1 aliphatic heterocycles. The first kappa shape index (κ1) is 20.8. The number of imidazole rings is 1. The number of rotatable bonds is 9. The lowest BCUT2D eigenvalue weighted by Gasteiger charge is -2.17. The van der Waals surface area contributed by atoms with Crippen LogP contribution >= 0.6 is 11.8 Å². The molecule has 7 heteroatoms. The smallest absolute Gasteiger partial charge is 0.251 e. The van der Waals surface area contributed by atoms with Crippen molar-refractivity contribution in [1.29, 1.82) is 0 Å². The molecule has 1 aromatic heterocycles. The van der Waals surface area contributed by atoms with Crippen molar-refractivity contribution in [2.24, 2.45) is 0 Å². The standard InChI is InChI=1S/C23H27N3O3S/c1-30-14-12-21(22-24-19-6-2-3-7-20(19)25-22)26-23(27)16-8-10-17(11-9-16)29-15-18-5-4-13-28-18/h2-3,6-11,18,21H,4-5,12-15H2,1H3,(H,24,25)(H,26,27)/t18?,21-/m1/s1. The second-order valence-electron chi connectivity index (χ2n) is 7.42. The Labute approximate surface area is 180 Å². The zero-order chi connectivity index (χ0) is 20.8. The molecule has 4 rings (SSSR count). The third-order valence-electron chi connectivity index (χ3n) is 5.23. The summed E-state index contributed by atoms with van der Waals surface area (Å²) in [6, 6.07) is 15.0. The summed E-state index contributed by atoms with van der Waals surface area (Å²) in [4.78, 5) is 20.9. The number of carbonyl (C=O) groups is 1. The lowest BCUT2D eigenvalue weighted by atomic mass is 10.1. The van der Waals surface area contributed by atoms with E-state index in [1.807, 2.05) is 36.4 Å². The Morgan fingerprint density at radius 1 is 1.30 bits per heavy atom. The topological polar surface area (TPSA) is 76.2 Å². The Bertz CT molecular complexity index is 934. The van der Waals surface area contributed by atoms with Gasteiger partial charge in [0.2, 0.25) is 0 Å². The number of nitrogens with zero attached hydrogens (tertiary/aromatic N) is 1. The number of amides is 1. The minimum atomic E-state index is -0.173. The molecule has 30 heavy (non-hydrogen) atoms. The van der Waals surface area contributed by atoms with Gasteiger partial charge in [0.1, 0.15) is 18.2 Å². The van der Waals surface area contributed by atoms with E-state index in [1.165, 1.54) is 0 Å². The molecule has 0 radical (unpaired) electrons. The molecule has 1 saturated heterocycles. The zero-order valence-corrected chi connectivity index (χ0v) is 17.9. The number of H-pyrrole nitrogens is 1. The van der Waals surface area contributed by atoms with Gasteiger partial charge >= 0.3 is 0 Å². The van der Waals surface area contributed by atoms with Gasteiger partial charge in [-0.05, 0) is 67.7 Å². The van der Waals surface area contributed by atoms with Crippen molar-refractivity contribution in [2.45, 2.75) is 31.4 Å². The number of fused-ring (bicyclic) bond motifs is 1. The highest BCUT2D eigenvalue weighted by Crippen LogP contribution is 2.21. The van der Waals surface area contributed by atoms with Gasteiger partial charge in [-0.1, -0.05) is 12.1 Å². The van der Waals surface area contributed by atoms with Crippen LogP contribution in [0.2, 0.25) is 0 Å². The fourth-order valence-corrected chi connectivity index (χ4v) is 4.03. The summed E-state index contributed by atoms with van der Waals surface area (Å²) in [7, 11) is 0. The third kappa shape index (κ3) is 5.15. The van der Waals surface area contributed by atoms with Crippen LogP contribution in [0.5, 0.6) is 5.75 Å². The van der Waals surface area contributed by atoms with Gasteiger partial charge < -0.3 is 19.8 Å². The second-order valence-corrected chi connectivity index (χ2v) is 8.40. The molecular formula is C23H27N3O3S. The van der Waals surface area contributed by atoms with Crippen LogP contribution in [0.1, 0.15) is 41.5 Å². The number of aromatic amines is 1. The molecule has 1 aliphatic rings. The molecule has 0 bridgehead atoms. The lowest BCUT2D eigenvalue weighted by Crippen LogP contribution is -2.29. The molecule has 1 fully saturated rings. The summed E-state index contributed by atoms with van der Waals surface area (Å²) >= 11 is 1.75. The molecule has 1 unspecified atom stereocenters. The molecule has 158 valence electrons. The highest BCUT2D eigenvalue weighted by Gasteiger charge is 2.19. The van der Waals surface area contributed by atoms with E-state index in [-0.39, 0.29) is 18.1 Å². The van der Waals surface area contributed by atoms with Gasteiger partial charge in [-0.15, -0.1) is 0 Å². The van der Waals surface area contributed by atoms with E-state index in [4.69, 9.17) is 9.47 Å². The van der Waals surface area contributed by atoms with Crippen molar-refractivity contribution in [3.8, 4) is 5.75 Å². The SMILES string of the molecule is CSCC[C@@H](NC(=O)c1ccc(OCC2CCCO2)cc1)c1nc2ccccc2[nH]1. The number of hydrogen-bond acceptors (Lipinski definition) is 5. The molecule has 2 aromatic carbocycles. The van der Waals surface area contributed by atoms with Crippen molar-refractivity contribution in [2.75, 3.05) is 25.2 Å². The first-order chi connectivity index (χ1) is 14.7. The van der Waals surface area contributed by atoms with Crippen LogP contribution < -0.4 is 10.1 Å². The summed E-state index contributed by atoms with van der Waals surface area (Å²) in [5, 5.41) is 3.13. The Kier molecular flexibility index (Phi) is 6.92. The van der Waals surface area contributed by atoms with Crippen LogP contribution in [0.15, 0.2) is 48.5 Å². The summed E-state index contributed by atoms with van der Waals surface area (Å²) in [5.74, 6) is 2.35. The molecule has 2 heterocycles. The predicted octanol–water partition coefficient (Wildman–Crippen LogP) is 4.34. The van der Waals surface area contributed by atoms with Gasteiger partial charge in [0.05, 0.1) is 23.2 Å². The fourth-order valence-electron chi connectivity index (χ4n) is 3.56. The normalized spacial score (nSPS) is 17.2. The monoisotopic (exact) mass is 425 g/mol. The van der Waals surface area contributed by atoms with Gasteiger partial charge in [-0.2, -0.15) is 11.8 Å². The van der Waals surface area contributed by atoms with Crippen LogP contribution in [-0.2, 0) is 4.74 Å². The van der Waals surface area contributed by atoms with Crippen molar-refractivity contribution < 1.29 is 14.3 Å². The van der Waals surface area contributed by atoms with E-state index in [0.29, 0.717) is 12.2 Å². The number of nitrogens with one attached hydrogen (secondary N) is 2. The maximum absolute atomic E-state index is 12.9. The highest BCUT2D eigenvalue weighted by atomic mass is 32.2. The van der Waals surface area contributed by atoms with E-state index in [0.717, 1.165) is 54.2 Å². The van der Waals surface area contributed by atoms with Crippen molar-refractivity contribution >= 4 is 28.7 Å². The minimum absolute atomic E-state index is 0.118. The van der Waals surface area contributed by atoms with E-state index >= 15 is 0 Å². The van der Waals surface area contributed by atoms with Gasteiger partial charge in [0.15, 0.2) is 0 Å². The second kappa shape index (κ2) is 10.00. The molecule has 1 amide bonds. The molecule has 0 saturated carbocycles. The van der Waals surface area contributed by atoms with Crippen LogP contribution in [-0.4, -0.2) is 47.2 Å². The summed E-state index contributed by atoms with van der Waals surface area (Å²) in [6.45, 7) is 1.37. The lowest BCUT2D eigenvalue weighted by molar-refractivity contribution is 0.0679. The predicted molar refractivity (Wildman–Crippen MR) is 120 cm³/mol. The molecule has 0 spiro atoms. The van der Waals surface area contributed by atoms with Crippen LogP contribution in [0, 0.1) is 0 Å². The van der Waals surface area contributed by atoms with Crippen LogP contribution in [0.25, 0.3) is 11.0 Å². The maximum Gasteiger partial charge on any atom is 0.251 e. The maximum atomic E-state index is 12.9. The zero-order valence-electron chi connectivity index (χ0n) is 17.1. The van der Waals surface area contributed by atoms with Gasteiger partial charge in [0, 0.05) is 12.2 Å². The van der Waals surface area contributed by atoms with Gasteiger partial charge in [-0.25, -0.2) is 4.98 Å². The number of thioether (sulfide) groups is 1. The summed E-state index contributed by atoms with van der Waals surface area (Å²) in [5.41, 5.74) is 2.48. The molecule has 3 aromatic rings. The summed E-state index contributed by atoms with van der Waals surface area (Å²) < 4.78 is 11.4. The van der Waals surface area contributed by atoms with Crippen molar-refractivity contribution in [1.82, 2.24) is 15.3 Å². The average Bonchev–Trinajstić information content (AvgIpc) is 3.45. The Morgan fingerprint density at radius 3 is 2.87 bits per heavy atom. The van der Waals surface area contributed by atoms with Crippen LogP contribution in [0.3, 0.4) is 0 Å². The first-order valence-corrected chi connectivity index (χ1v) is 11.7. The van der Waals surface area contributed by atoms with E-state index in [9.17, 15) is 4.79 Å². The number of ether oxygens (including phenoxy) is 2. The average molecular weight is 426 g/mol. The number of aromatic nitrogens is 2. The molecule has 0 aliphatic carbocycles. The van der Waals surface area contributed by atoms with E-state index < -0.39 is 0 Å². The number of hydrogen-bond donors (Lipinski definition) is 2. The fraction of sp³-hybridized carbons (Fsp3) is 0.391. The van der Waals surface area contributed by atoms with Crippen molar-refractivity contribution in [3.05, 3.63) is 59.9 Å². The van der Waals surface area contributed by atoms with E-state index in [2.05, 4.69) is 21.5 Å². The third-order valence-corrected chi connectivity index (χ3v) is 5.87. The number of carbonyl (C=O) groups excluding carboxylic acids is 1. The Morgan fingerprint density at radius 2 is 2.13 bits per heavy atom. The molecule has 2 N–H and O–H groups in total. The number of benzene rings is 2. The number of para-hydroxylation sites is 2. The highest BCUT2D eigenvalue weighted by molar-refractivity contribution is 7.98. The van der Waals surface area contributed by atoms with Crippen molar-refractivity contribution in [3.63, 3.8) is 0 Å². The van der Waals surface area contributed by atoms with Gasteiger partial charge in [-0.3, -0.25) is 4.79 Å². The minimum Gasteiger partial charge on any atom is -0.491 e.